The highest BCUT2D eigenvalue weighted by molar-refractivity contribution is 5.81. The van der Waals surface area contributed by atoms with E-state index < -0.39 is 0 Å². The first-order valence-electron chi connectivity index (χ1n) is 6.03. The van der Waals surface area contributed by atoms with Crippen molar-refractivity contribution < 1.29 is 14.3 Å². The largest absolute Gasteiger partial charge is 0.376 e. The zero-order valence-corrected chi connectivity index (χ0v) is 9.78. The number of hydrogen-bond donors (Lipinski definition) is 1. The molecule has 0 aromatic carbocycles. The van der Waals surface area contributed by atoms with Crippen LogP contribution in [-0.2, 0) is 14.3 Å². The fourth-order valence-corrected chi connectivity index (χ4v) is 2.02. The predicted molar refractivity (Wildman–Crippen MR) is 59.2 cm³/mol. The van der Waals surface area contributed by atoms with Crippen LogP contribution in [0, 0.1) is 0 Å². The van der Waals surface area contributed by atoms with E-state index in [0.717, 1.165) is 26.1 Å². The molecule has 0 bridgehead atoms. The summed E-state index contributed by atoms with van der Waals surface area (Å²) in [4.78, 5) is 14.2. The van der Waals surface area contributed by atoms with Crippen molar-refractivity contribution in [3.05, 3.63) is 0 Å². The molecule has 2 aliphatic heterocycles. The highest BCUT2D eigenvalue weighted by Gasteiger charge is 2.33. The van der Waals surface area contributed by atoms with Crippen LogP contribution in [0.3, 0.4) is 0 Å². The lowest BCUT2D eigenvalue weighted by Gasteiger charge is -2.40. The zero-order valence-electron chi connectivity index (χ0n) is 9.78. The summed E-state index contributed by atoms with van der Waals surface area (Å²) >= 11 is 0. The van der Waals surface area contributed by atoms with Crippen molar-refractivity contribution in [3.8, 4) is 0 Å². The molecule has 0 saturated carbocycles. The van der Waals surface area contributed by atoms with E-state index in [1.54, 1.807) is 0 Å². The van der Waals surface area contributed by atoms with Crippen molar-refractivity contribution in [2.24, 2.45) is 0 Å². The van der Waals surface area contributed by atoms with Crippen molar-refractivity contribution in [3.63, 3.8) is 0 Å². The number of nitrogens with zero attached hydrogens (tertiary/aromatic N) is 1. The molecule has 0 aromatic rings. The van der Waals surface area contributed by atoms with Crippen molar-refractivity contribution in [2.45, 2.75) is 25.5 Å². The number of ether oxygens (including phenoxy) is 2. The van der Waals surface area contributed by atoms with Crippen molar-refractivity contribution in [1.29, 1.82) is 0 Å². The number of carbonyl (C=O) groups is 1. The Morgan fingerprint density at radius 3 is 2.75 bits per heavy atom. The number of nitrogens with one attached hydrogen (secondary N) is 1. The van der Waals surface area contributed by atoms with Gasteiger partial charge < -0.3 is 19.7 Å². The van der Waals surface area contributed by atoms with Crippen LogP contribution in [0.25, 0.3) is 0 Å². The van der Waals surface area contributed by atoms with Gasteiger partial charge in [-0.25, -0.2) is 0 Å². The Morgan fingerprint density at radius 2 is 2.25 bits per heavy atom. The van der Waals surface area contributed by atoms with Gasteiger partial charge in [-0.1, -0.05) is 6.92 Å². The molecule has 1 atom stereocenters. The molecule has 0 aromatic heterocycles. The Morgan fingerprint density at radius 1 is 1.44 bits per heavy atom. The summed E-state index contributed by atoms with van der Waals surface area (Å²) in [5, 5.41) is 3.19. The predicted octanol–water partition coefficient (Wildman–Crippen LogP) is -0.388. The van der Waals surface area contributed by atoms with Gasteiger partial charge in [-0.3, -0.25) is 4.79 Å². The second kappa shape index (κ2) is 5.61. The van der Waals surface area contributed by atoms with Gasteiger partial charge in [0.15, 0.2) is 6.10 Å². The van der Waals surface area contributed by atoms with Crippen LogP contribution in [0.2, 0.25) is 0 Å². The topological polar surface area (TPSA) is 50.8 Å². The van der Waals surface area contributed by atoms with E-state index >= 15 is 0 Å². The van der Waals surface area contributed by atoms with Crippen LogP contribution in [0.4, 0.5) is 0 Å². The van der Waals surface area contributed by atoms with Crippen LogP contribution < -0.4 is 5.32 Å². The minimum Gasteiger partial charge on any atom is -0.376 e. The van der Waals surface area contributed by atoms with Crippen LogP contribution in [-0.4, -0.2) is 62.4 Å². The van der Waals surface area contributed by atoms with Gasteiger partial charge in [-0.2, -0.15) is 0 Å². The lowest BCUT2D eigenvalue weighted by atomic mass is 10.1. The minimum atomic E-state index is -0.388. The lowest BCUT2D eigenvalue weighted by Crippen LogP contribution is -2.61. The Labute approximate surface area is 96.1 Å². The smallest absolute Gasteiger partial charge is 0.254 e. The summed E-state index contributed by atoms with van der Waals surface area (Å²) in [6.45, 7) is 6.23. The second-order valence-corrected chi connectivity index (χ2v) is 4.28. The Kier molecular flexibility index (Phi) is 4.15. The number of carbonyl (C=O) groups excluding carboxylic acids is 1. The maximum atomic E-state index is 12.2. The minimum absolute atomic E-state index is 0.0908. The zero-order chi connectivity index (χ0) is 11.4. The maximum absolute atomic E-state index is 12.2. The summed E-state index contributed by atoms with van der Waals surface area (Å²) in [5.74, 6) is 0.0908. The van der Waals surface area contributed by atoms with Gasteiger partial charge in [0.25, 0.3) is 5.91 Å². The molecular weight excluding hydrogens is 208 g/mol. The SMILES string of the molecule is CCCN(C(=O)C1COCCO1)C1CNC1. The number of rotatable bonds is 4. The molecule has 5 nitrogen and oxygen atoms in total. The first kappa shape index (κ1) is 11.8. The summed E-state index contributed by atoms with van der Waals surface area (Å²) in [6.07, 6.45) is 0.594. The highest BCUT2D eigenvalue weighted by atomic mass is 16.6. The van der Waals surface area contributed by atoms with Gasteiger partial charge in [0, 0.05) is 19.6 Å². The van der Waals surface area contributed by atoms with E-state index in [-0.39, 0.29) is 12.0 Å². The number of hydrogen-bond acceptors (Lipinski definition) is 4. The summed E-state index contributed by atoms with van der Waals surface area (Å²) < 4.78 is 10.7. The average molecular weight is 228 g/mol. The van der Waals surface area contributed by atoms with Crippen molar-refractivity contribution in [1.82, 2.24) is 10.2 Å². The van der Waals surface area contributed by atoms with Gasteiger partial charge in [-0.15, -0.1) is 0 Å². The quantitative estimate of drug-likeness (QED) is 0.712. The van der Waals surface area contributed by atoms with E-state index in [0.29, 0.717) is 25.9 Å². The first-order valence-corrected chi connectivity index (χ1v) is 6.03. The fourth-order valence-electron chi connectivity index (χ4n) is 2.02. The molecule has 2 rings (SSSR count). The third-order valence-corrected chi connectivity index (χ3v) is 3.04. The molecule has 0 aliphatic carbocycles. The first-order chi connectivity index (χ1) is 7.83. The highest BCUT2D eigenvalue weighted by Crippen LogP contribution is 2.12. The van der Waals surface area contributed by atoms with Crippen LogP contribution in [0.5, 0.6) is 0 Å². The van der Waals surface area contributed by atoms with E-state index in [9.17, 15) is 4.79 Å². The standard InChI is InChI=1S/C11H20N2O3/c1-2-3-13(9-6-12-7-9)11(14)10-8-15-4-5-16-10/h9-10,12H,2-8H2,1H3. The van der Waals surface area contributed by atoms with Gasteiger partial charge in [-0.05, 0) is 6.42 Å². The molecule has 16 heavy (non-hydrogen) atoms. The van der Waals surface area contributed by atoms with Gasteiger partial charge in [0.05, 0.1) is 25.9 Å². The Hall–Kier alpha value is -0.650. The fraction of sp³-hybridized carbons (Fsp3) is 0.909. The molecule has 0 spiro atoms. The Bertz CT molecular complexity index is 237. The monoisotopic (exact) mass is 228 g/mol. The summed E-state index contributed by atoms with van der Waals surface area (Å²) in [5.41, 5.74) is 0. The molecule has 1 amide bonds. The summed E-state index contributed by atoms with van der Waals surface area (Å²) in [7, 11) is 0. The normalized spacial score (nSPS) is 26.2. The van der Waals surface area contributed by atoms with Crippen molar-refractivity contribution in [2.75, 3.05) is 39.5 Å². The van der Waals surface area contributed by atoms with Crippen molar-refractivity contribution >= 4 is 5.91 Å². The second-order valence-electron chi connectivity index (χ2n) is 4.28. The molecule has 2 fully saturated rings. The van der Waals surface area contributed by atoms with Crippen LogP contribution in [0.15, 0.2) is 0 Å². The molecule has 0 radical (unpaired) electrons. The van der Waals surface area contributed by atoms with E-state index in [1.807, 2.05) is 4.90 Å². The maximum Gasteiger partial charge on any atom is 0.254 e. The number of amides is 1. The van der Waals surface area contributed by atoms with E-state index in [2.05, 4.69) is 12.2 Å². The molecule has 1 unspecified atom stereocenters. The van der Waals surface area contributed by atoms with Crippen LogP contribution >= 0.6 is 0 Å². The van der Waals surface area contributed by atoms with E-state index in [4.69, 9.17) is 9.47 Å². The summed E-state index contributed by atoms with van der Waals surface area (Å²) in [6, 6.07) is 0.345. The Balaban J connectivity index is 1.92. The molecule has 5 heteroatoms. The third-order valence-electron chi connectivity index (χ3n) is 3.04. The molecule has 92 valence electrons. The van der Waals surface area contributed by atoms with E-state index in [1.165, 1.54) is 0 Å². The van der Waals surface area contributed by atoms with Crippen LogP contribution in [0.1, 0.15) is 13.3 Å². The lowest BCUT2D eigenvalue weighted by molar-refractivity contribution is -0.161. The molecule has 1 N–H and O–H groups in total. The molecule has 2 saturated heterocycles. The molecule has 2 heterocycles. The van der Waals surface area contributed by atoms with Gasteiger partial charge >= 0.3 is 0 Å². The average Bonchev–Trinajstić information content (AvgIpc) is 2.26. The van der Waals surface area contributed by atoms with Gasteiger partial charge in [0.1, 0.15) is 0 Å². The molecular formula is C11H20N2O3. The third kappa shape index (κ3) is 2.53. The molecule has 2 aliphatic rings. The van der Waals surface area contributed by atoms with Gasteiger partial charge in [0.2, 0.25) is 0 Å².